The second-order valence-corrected chi connectivity index (χ2v) is 4.92. The summed E-state index contributed by atoms with van der Waals surface area (Å²) in [5.41, 5.74) is 1.19. The minimum Gasteiger partial charge on any atom is -0.494 e. The number of anilines is 2. The Kier molecular flexibility index (Phi) is 4.57. The molecule has 0 aliphatic heterocycles. The molecule has 20 heavy (non-hydrogen) atoms. The Morgan fingerprint density at radius 2 is 2.10 bits per heavy atom. The summed E-state index contributed by atoms with van der Waals surface area (Å²) in [4.78, 5) is 10.6. The Bertz CT molecular complexity index is 632. The smallest absolute Gasteiger partial charge is 0.293 e. The number of nitrogens with one attached hydrogen (secondary N) is 1. The van der Waals surface area contributed by atoms with E-state index in [0.717, 1.165) is 11.4 Å². The van der Waals surface area contributed by atoms with Crippen molar-refractivity contribution in [2.24, 2.45) is 0 Å². The first-order valence-electron chi connectivity index (χ1n) is 6.04. The molecule has 0 atom stereocenters. The van der Waals surface area contributed by atoms with Gasteiger partial charge in [0, 0.05) is 22.3 Å². The van der Waals surface area contributed by atoms with Gasteiger partial charge in [0.15, 0.2) is 0 Å². The average molecular weight is 337 g/mol. The van der Waals surface area contributed by atoms with Gasteiger partial charge in [-0.3, -0.25) is 10.1 Å². The summed E-state index contributed by atoms with van der Waals surface area (Å²) < 4.78 is 6.06. The van der Waals surface area contributed by atoms with Gasteiger partial charge in [-0.05, 0) is 31.2 Å². The van der Waals surface area contributed by atoms with E-state index in [1.54, 1.807) is 18.2 Å². The molecule has 2 rings (SSSR count). The molecule has 0 saturated carbocycles. The van der Waals surface area contributed by atoms with Crippen LogP contribution < -0.4 is 10.1 Å². The lowest BCUT2D eigenvalue weighted by Crippen LogP contribution is -1.98. The number of hydrogen-bond donors (Lipinski definition) is 1. The molecule has 0 aromatic heterocycles. The molecular formula is C14H13BrN2O3. The molecule has 6 heteroatoms. The van der Waals surface area contributed by atoms with Gasteiger partial charge in [-0.1, -0.05) is 22.0 Å². The minimum absolute atomic E-state index is 0.0150. The molecule has 5 nitrogen and oxygen atoms in total. The SMILES string of the molecule is CCOc1cccc(Nc2ccc(Br)cc2[N+](=O)[O-])c1. The van der Waals surface area contributed by atoms with E-state index in [-0.39, 0.29) is 5.69 Å². The number of rotatable bonds is 5. The Morgan fingerprint density at radius 3 is 2.80 bits per heavy atom. The molecular weight excluding hydrogens is 324 g/mol. The Balaban J connectivity index is 2.30. The van der Waals surface area contributed by atoms with E-state index in [1.165, 1.54) is 6.07 Å². The maximum Gasteiger partial charge on any atom is 0.293 e. The average Bonchev–Trinajstić information content (AvgIpc) is 2.41. The molecule has 2 aromatic carbocycles. The number of ether oxygens (including phenoxy) is 1. The molecule has 0 unspecified atom stereocenters. The predicted molar refractivity (Wildman–Crippen MR) is 81.7 cm³/mol. The van der Waals surface area contributed by atoms with Gasteiger partial charge in [-0.15, -0.1) is 0 Å². The number of nitrogens with zero attached hydrogens (tertiary/aromatic N) is 1. The van der Waals surface area contributed by atoms with Crippen LogP contribution in [0.3, 0.4) is 0 Å². The third-order valence-electron chi connectivity index (χ3n) is 2.58. The zero-order valence-electron chi connectivity index (χ0n) is 10.8. The highest BCUT2D eigenvalue weighted by Gasteiger charge is 2.14. The zero-order valence-corrected chi connectivity index (χ0v) is 12.4. The Morgan fingerprint density at radius 1 is 1.30 bits per heavy atom. The lowest BCUT2D eigenvalue weighted by Gasteiger charge is -2.09. The molecule has 2 aromatic rings. The predicted octanol–water partition coefficient (Wildman–Crippen LogP) is 4.50. The molecule has 1 N–H and O–H groups in total. The lowest BCUT2D eigenvalue weighted by atomic mass is 10.2. The summed E-state index contributed by atoms with van der Waals surface area (Å²) >= 11 is 3.23. The second-order valence-electron chi connectivity index (χ2n) is 4.00. The summed E-state index contributed by atoms with van der Waals surface area (Å²) in [5, 5.41) is 14.1. The third kappa shape index (κ3) is 3.48. The molecule has 0 saturated heterocycles. The molecule has 0 aliphatic rings. The van der Waals surface area contributed by atoms with Crippen molar-refractivity contribution in [3.63, 3.8) is 0 Å². The summed E-state index contributed by atoms with van der Waals surface area (Å²) in [7, 11) is 0. The van der Waals surface area contributed by atoms with Gasteiger partial charge < -0.3 is 10.1 Å². The van der Waals surface area contributed by atoms with E-state index in [2.05, 4.69) is 21.2 Å². The molecule has 0 heterocycles. The van der Waals surface area contributed by atoms with Crippen molar-refractivity contribution < 1.29 is 9.66 Å². The summed E-state index contributed by atoms with van der Waals surface area (Å²) in [6.45, 7) is 2.47. The van der Waals surface area contributed by atoms with E-state index in [1.807, 2.05) is 25.1 Å². The number of nitro benzene ring substituents is 1. The first kappa shape index (κ1) is 14.3. The quantitative estimate of drug-likeness (QED) is 0.644. The van der Waals surface area contributed by atoms with Crippen molar-refractivity contribution in [2.75, 3.05) is 11.9 Å². The van der Waals surface area contributed by atoms with Gasteiger partial charge in [0.25, 0.3) is 5.69 Å². The maximum atomic E-state index is 11.1. The van der Waals surface area contributed by atoms with Gasteiger partial charge in [0.2, 0.25) is 0 Å². The molecule has 0 radical (unpaired) electrons. The Labute approximate surface area is 124 Å². The van der Waals surface area contributed by atoms with E-state index >= 15 is 0 Å². The van der Waals surface area contributed by atoms with Gasteiger partial charge in [0.05, 0.1) is 11.5 Å². The largest absolute Gasteiger partial charge is 0.494 e. The van der Waals surface area contributed by atoms with Crippen molar-refractivity contribution in [3.05, 3.63) is 57.1 Å². The van der Waals surface area contributed by atoms with Crippen LogP contribution in [0.25, 0.3) is 0 Å². The third-order valence-corrected chi connectivity index (χ3v) is 3.07. The maximum absolute atomic E-state index is 11.1. The highest BCUT2D eigenvalue weighted by atomic mass is 79.9. The van der Waals surface area contributed by atoms with E-state index in [4.69, 9.17) is 4.74 Å². The first-order valence-corrected chi connectivity index (χ1v) is 6.83. The monoisotopic (exact) mass is 336 g/mol. The fourth-order valence-corrected chi connectivity index (χ4v) is 2.10. The Hall–Kier alpha value is -2.08. The van der Waals surface area contributed by atoms with Crippen LogP contribution in [0.5, 0.6) is 5.75 Å². The van der Waals surface area contributed by atoms with Crippen molar-refractivity contribution in [3.8, 4) is 5.75 Å². The summed E-state index contributed by atoms with van der Waals surface area (Å²) in [6, 6.07) is 12.2. The lowest BCUT2D eigenvalue weighted by molar-refractivity contribution is -0.384. The van der Waals surface area contributed by atoms with Crippen molar-refractivity contribution in [1.29, 1.82) is 0 Å². The van der Waals surface area contributed by atoms with Crippen LogP contribution in [0.4, 0.5) is 17.1 Å². The minimum atomic E-state index is -0.417. The summed E-state index contributed by atoms with van der Waals surface area (Å²) in [6.07, 6.45) is 0. The van der Waals surface area contributed by atoms with Crippen molar-refractivity contribution in [2.45, 2.75) is 6.92 Å². The molecule has 104 valence electrons. The van der Waals surface area contributed by atoms with Crippen LogP contribution in [-0.4, -0.2) is 11.5 Å². The summed E-state index contributed by atoms with van der Waals surface area (Å²) in [5.74, 6) is 0.720. The molecule has 0 spiro atoms. The normalized spacial score (nSPS) is 10.1. The molecule has 0 aliphatic carbocycles. The van der Waals surface area contributed by atoms with Crippen LogP contribution in [0.1, 0.15) is 6.92 Å². The molecule has 0 fully saturated rings. The van der Waals surface area contributed by atoms with Crippen LogP contribution in [0.15, 0.2) is 46.9 Å². The van der Waals surface area contributed by atoms with E-state index < -0.39 is 4.92 Å². The molecule has 0 amide bonds. The van der Waals surface area contributed by atoms with Gasteiger partial charge >= 0.3 is 0 Å². The van der Waals surface area contributed by atoms with Gasteiger partial charge in [0.1, 0.15) is 11.4 Å². The number of nitro groups is 1. The van der Waals surface area contributed by atoms with Gasteiger partial charge in [-0.2, -0.15) is 0 Å². The topological polar surface area (TPSA) is 64.4 Å². The number of hydrogen-bond acceptors (Lipinski definition) is 4. The fourth-order valence-electron chi connectivity index (χ4n) is 1.75. The van der Waals surface area contributed by atoms with Crippen LogP contribution in [0.2, 0.25) is 0 Å². The van der Waals surface area contributed by atoms with Gasteiger partial charge in [-0.25, -0.2) is 0 Å². The van der Waals surface area contributed by atoms with E-state index in [0.29, 0.717) is 16.8 Å². The fraction of sp³-hybridized carbons (Fsp3) is 0.143. The number of halogens is 1. The second kappa shape index (κ2) is 6.38. The van der Waals surface area contributed by atoms with E-state index in [9.17, 15) is 10.1 Å². The van der Waals surface area contributed by atoms with Crippen LogP contribution >= 0.6 is 15.9 Å². The highest BCUT2D eigenvalue weighted by molar-refractivity contribution is 9.10. The van der Waals surface area contributed by atoms with Crippen LogP contribution in [-0.2, 0) is 0 Å². The van der Waals surface area contributed by atoms with Crippen molar-refractivity contribution in [1.82, 2.24) is 0 Å². The number of benzene rings is 2. The molecule has 0 bridgehead atoms. The standard InChI is InChI=1S/C14H13BrN2O3/c1-2-20-12-5-3-4-11(9-12)16-13-7-6-10(15)8-14(13)17(18)19/h3-9,16H,2H2,1H3. The first-order chi connectivity index (χ1) is 9.60. The zero-order chi connectivity index (χ0) is 14.5. The van der Waals surface area contributed by atoms with Crippen LogP contribution in [0, 0.1) is 10.1 Å². The van der Waals surface area contributed by atoms with Crippen molar-refractivity contribution >= 4 is 33.0 Å². The highest BCUT2D eigenvalue weighted by Crippen LogP contribution is 2.31.